The maximum Gasteiger partial charge on any atom is 0.240 e. The fourth-order valence-electron chi connectivity index (χ4n) is 2.83. The number of nitrogens with one attached hydrogen (secondary N) is 3. The Hall–Kier alpha value is -3.39. The number of carbonyl (C=O) groups is 2. The number of benzene rings is 2. The Balaban J connectivity index is 1.36. The number of aromatic nitrogens is 1. The predicted octanol–water partition coefficient (Wildman–Crippen LogP) is 3.12. The number of thioether (sulfide) groups is 1. The van der Waals surface area contributed by atoms with Gasteiger partial charge in [0.25, 0.3) is 0 Å². The molecule has 140 valence electrons. The Kier molecular flexibility index (Phi) is 5.20. The predicted molar refractivity (Wildman–Crippen MR) is 113 cm³/mol. The first-order chi connectivity index (χ1) is 13.7. The number of H-pyrrole nitrogens is 1. The highest BCUT2D eigenvalue weighted by atomic mass is 32.2. The molecule has 2 aromatic carbocycles. The lowest BCUT2D eigenvalue weighted by Gasteiger charge is -2.06. The normalized spacial score (nSPS) is 18.1. The molecule has 1 aliphatic heterocycles. The summed E-state index contributed by atoms with van der Waals surface area (Å²) in [5.41, 5.74) is 2.63. The van der Waals surface area contributed by atoms with Crippen molar-refractivity contribution >= 4 is 51.5 Å². The molecule has 28 heavy (non-hydrogen) atoms. The smallest absolute Gasteiger partial charge is 0.240 e. The van der Waals surface area contributed by atoms with Crippen molar-refractivity contribution in [3.63, 3.8) is 0 Å². The van der Waals surface area contributed by atoms with Crippen molar-refractivity contribution < 1.29 is 9.59 Å². The molecule has 1 saturated heterocycles. The number of amides is 2. The number of carbonyl (C=O) groups excluding carboxylic acids is 2. The first-order valence-electron chi connectivity index (χ1n) is 8.68. The Morgan fingerprint density at radius 1 is 1.14 bits per heavy atom. The second kappa shape index (κ2) is 8.10. The third-order valence-electron chi connectivity index (χ3n) is 4.17. The van der Waals surface area contributed by atoms with Crippen LogP contribution in [0, 0.1) is 0 Å². The van der Waals surface area contributed by atoms with Gasteiger partial charge < -0.3 is 15.6 Å². The Morgan fingerprint density at radius 3 is 2.79 bits per heavy atom. The van der Waals surface area contributed by atoms with Crippen LogP contribution in [0.25, 0.3) is 10.9 Å². The lowest BCUT2D eigenvalue weighted by atomic mass is 10.2. The second-order valence-corrected chi connectivity index (χ2v) is 7.34. The summed E-state index contributed by atoms with van der Waals surface area (Å²) in [5.74, 6) is -0.461. The van der Waals surface area contributed by atoms with Crippen LogP contribution < -0.4 is 10.6 Å². The number of hydrogen-bond acceptors (Lipinski definition) is 5. The summed E-state index contributed by atoms with van der Waals surface area (Å²) in [4.78, 5) is 27.4. The van der Waals surface area contributed by atoms with Gasteiger partial charge in [-0.25, -0.2) is 0 Å². The van der Waals surface area contributed by atoms with E-state index in [-0.39, 0.29) is 18.2 Å². The molecule has 3 aromatic rings. The molecule has 3 N–H and O–H groups in total. The second-order valence-electron chi connectivity index (χ2n) is 6.15. The molecule has 1 fully saturated rings. The molecule has 4 rings (SSSR count). The molecule has 2 amide bonds. The lowest BCUT2D eigenvalue weighted by Crippen LogP contribution is -2.28. The topological polar surface area (TPSA) is 98.7 Å². The van der Waals surface area contributed by atoms with Gasteiger partial charge in [-0.1, -0.05) is 48.2 Å². The van der Waals surface area contributed by atoms with E-state index in [4.69, 9.17) is 0 Å². The molecule has 0 unspecified atom stereocenters. The number of anilines is 1. The zero-order chi connectivity index (χ0) is 19.3. The maximum atomic E-state index is 12.1. The van der Waals surface area contributed by atoms with Crippen LogP contribution in [0.3, 0.4) is 0 Å². The highest BCUT2D eigenvalue weighted by Crippen LogP contribution is 2.23. The third kappa shape index (κ3) is 4.12. The summed E-state index contributed by atoms with van der Waals surface area (Å²) in [5, 5.41) is 14.5. The van der Waals surface area contributed by atoms with Gasteiger partial charge in [0.15, 0.2) is 5.17 Å². The minimum Gasteiger partial charge on any atom is -0.361 e. The molecule has 1 aliphatic rings. The molecule has 7 nitrogen and oxygen atoms in total. The molecular weight excluding hydrogens is 374 g/mol. The van der Waals surface area contributed by atoms with Crippen molar-refractivity contribution in [2.45, 2.75) is 11.7 Å². The van der Waals surface area contributed by atoms with E-state index in [9.17, 15) is 9.59 Å². The van der Waals surface area contributed by atoms with E-state index in [1.807, 2.05) is 48.7 Å². The monoisotopic (exact) mass is 391 g/mol. The average Bonchev–Trinajstić information content (AvgIpc) is 3.26. The molecule has 0 saturated carbocycles. The van der Waals surface area contributed by atoms with E-state index < -0.39 is 5.25 Å². The van der Waals surface area contributed by atoms with Crippen molar-refractivity contribution in [1.82, 2.24) is 10.3 Å². The molecule has 2 heterocycles. The van der Waals surface area contributed by atoms with Crippen molar-refractivity contribution in [3.8, 4) is 0 Å². The van der Waals surface area contributed by atoms with Crippen LogP contribution in [-0.2, 0) is 9.59 Å². The minimum atomic E-state index is -0.522. The summed E-state index contributed by atoms with van der Waals surface area (Å²) in [6.07, 6.45) is 3.55. The Labute approximate surface area is 165 Å². The molecule has 1 aromatic heterocycles. The first kappa shape index (κ1) is 18.0. The molecule has 0 aliphatic carbocycles. The van der Waals surface area contributed by atoms with Crippen molar-refractivity contribution in [2.75, 3.05) is 5.32 Å². The summed E-state index contributed by atoms with van der Waals surface area (Å²) < 4.78 is 0. The highest BCUT2D eigenvalue weighted by Gasteiger charge is 2.32. The molecule has 1 atom stereocenters. The molecule has 0 radical (unpaired) electrons. The van der Waals surface area contributed by atoms with Crippen LogP contribution >= 0.6 is 11.8 Å². The largest absolute Gasteiger partial charge is 0.361 e. The van der Waals surface area contributed by atoms with Gasteiger partial charge in [0.1, 0.15) is 5.25 Å². The summed E-state index contributed by atoms with van der Waals surface area (Å²) in [7, 11) is 0. The van der Waals surface area contributed by atoms with Gasteiger partial charge >= 0.3 is 0 Å². The lowest BCUT2D eigenvalue weighted by molar-refractivity contribution is -0.122. The number of hydrogen-bond donors (Lipinski definition) is 3. The van der Waals surface area contributed by atoms with Crippen LogP contribution in [0.4, 0.5) is 5.69 Å². The number of nitrogens with zero attached hydrogens (tertiary/aromatic N) is 2. The Bertz CT molecular complexity index is 1070. The Morgan fingerprint density at radius 2 is 1.93 bits per heavy atom. The quantitative estimate of drug-likeness (QED) is 0.460. The molecule has 8 heteroatoms. The number of aromatic amines is 1. The molecular formula is C20H17N5O2S. The van der Waals surface area contributed by atoms with Crippen LogP contribution in [0.5, 0.6) is 0 Å². The van der Waals surface area contributed by atoms with Crippen molar-refractivity contribution in [2.24, 2.45) is 10.2 Å². The van der Waals surface area contributed by atoms with E-state index in [2.05, 4.69) is 25.8 Å². The van der Waals surface area contributed by atoms with Gasteiger partial charge in [-0.05, 0) is 18.2 Å². The van der Waals surface area contributed by atoms with E-state index >= 15 is 0 Å². The van der Waals surface area contributed by atoms with E-state index in [0.29, 0.717) is 10.9 Å². The average molecular weight is 391 g/mol. The third-order valence-corrected chi connectivity index (χ3v) is 5.24. The van der Waals surface area contributed by atoms with Crippen molar-refractivity contribution in [3.05, 3.63) is 66.4 Å². The van der Waals surface area contributed by atoms with E-state index in [0.717, 1.165) is 16.5 Å². The van der Waals surface area contributed by atoms with E-state index in [1.54, 1.807) is 18.3 Å². The maximum absolute atomic E-state index is 12.1. The number of para-hydroxylation sites is 2. The van der Waals surface area contributed by atoms with Gasteiger partial charge in [0.05, 0.1) is 6.21 Å². The zero-order valence-electron chi connectivity index (χ0n) is 14.8. The number of fused-ring (bicyclic) bond motifs is 1. The molecule has 0 spiro atoms. The van der Waals surface area contributed by atoms with Crippen molar-refractivity contribution in [1.29, 1.82) is 0 Å². The van der Waals surface area contributed by atoms with Gasteiger partial charge in [-0.2, -0.15) is 5.10 Å². The molecule has 0 bridgehead atoms. The van der Waals surface area contributed by atoms with Crippen LogP contribution in [-0.4, -0.2) is 33.4 Å². The van der Waals surface area contributed by atoms with Gasteiger partial charge in [0, 0.05) is 34.8 Å². The van der Waals surface area contributed by atoms with Crippen LogP contribution in [0.1, 0.15) is 12.0 Å². The SMILES string of the molecule is O=C(C[C@H]1S/C(=N\N=C/c2c[nH]c3ccccc23)NC1=O)Nc1ccccc1. The number of amidine groups is 1. The standard InChI is InChI=1S/C20H17N5O2S/c26-18(23-14-6-2-1-3-7-14)10-17-19(27)24-20(28-17)25-22-12-13-11-21-16-9-5-4-8-15(13)16/h1-9,11-12,17,21H,10H2,(H,23,26)(H,24,25,27)/b22-12-/t17-/m1/s1. The van der Waals surface area contributed by atoms with Crippen LogP contribution in [0.15, 0.2) is 71.0 Å². The summed E-state index contributed by atoms with van der Waals surface area (Å²) >= 11 is 1.21. The van der Waals surface area contributed by atoms with E-state index in [1.165, 1.54) is 11.8 Å². The van der Waals surface area contributed by atoms with Gasteiger partial charge in [0.2, 0.25) is 11.8 Å². The van der Waals surface area contributed by atoms with Gasteiger partial charge in [-0.15, -0.1) is 5.10 Å². The zero-order valence-corrected chi connectivity index (χ0v) is 15.6. The number of rotatable bonds is 5. The fraction of sp³-hybridized carbons (Fsp3) is 0.100. The highest BCUT2D eigenvalue weighted by molar-refractivity contribution is 8.15. The summed E-state index contributed by atoms with van der Waals surface area (Å²) in [6.45, 7) is 0. The van der Waals surface area contributed by atoms with Crippen LogP contribution in [0.2, 0.25) is 0 Å². The fourth-order valence-corrected chi connectivity index (χ4v) is 3.76. The first-order valence-corrected chi connectivity index (χ1v) is 9.56. The van der Waals surface area contributed by atoms with Gasteiger partial charge in [-0.3, -0.25) is 9.59 Å². The minimum absolute atomic E-state index is 0.0660. The summed E-state index contributed by atoms with van der Waals surface area (Å²) in [6, 6.07) is 17.0.